The molecular weight excluding hydrogens is 174 g/mol. The van der Waals surface area contributed by atoms with E-state index < -0.39 is 0 Å². The van der Waals surface area contributed by atoms with Crippen molar-refractivity contribution in [1.82, 2.24) is 0 Å². The van der Waals surface area contributed by atoms with Crippen LogP contribution >= 0.6 is 12.4 Å². The van der Waals surface area contributed by atoms with E-state index in [1.165, 1.54) is 0 Å². The lowest BCUT2D eigenvalue weighted by Crippen LogP contribution is -2.04. The van der Waals surface area contributed by atoms with E-state index in [1.54, 1.807) is 6.07 Å². The highest BCUT2D eigenvalue weighted by Crippen LogP contribution is 2.22. The molecule has 0 aliphatic carbocycles. The minimum Gasteiger partial charge on any atom is -0.508 e. The second-order valence-electron chi connectivity index (χ2n) is 2.85. The normalized spacial score (nSPS) is 11.9. The van der Waals surface area contributed by atoms with Crippen molar-refractivity contribution in [2.45, 2.75) is 19.9 Å². The minimum atomic E-state index is -0.101. The highest BCUT2D eigenvalue weighted by Gasteiger charge is 2.04. The number of aryl methyl sites for hydroxylation is 1. The van der Waals surface area contributed by atoms with Crippen molar-refractivity contribution in [3.05, 3.63) is 29.3 Å². The van der Waals surface area contributed by atoms with Crippen molar-refractivity contribution in [2.24, 2.45) is 5.73 Å². The standard InChI is InChI=1S/C9H13NO.ClH/c1-6-3-4-8(7(2)10)9(11)5-6;/h3-5,7,11H,10H2,1-2H3;1H/t7-;/m0./s1. The van der Waals surface area contributed by atoms with Gasteiger partial charge in [-0.05, 0) is 25.5 Å². The van der Waals surface area contributed by atoms with Crippen molar-refractivity contribution in [3.8, 4) is 5.75 Å². The molecule has 2 nitrogen and oxygen atoms in total. The summed E-state index contributed by atoms with van der Waals surface area (Å²) in [6, 6.07) is 5.42. The van der Waals surface area contributed by atoms with Crippen molar-refractivity contribution in [1.29, 1.82) is 0 Å². The zero-order chi connectivity index (χ0) is 8.43. The topological polar surface area (TPSA) is 46.2 Å². The summed E-state index contributed by atoms with van der Waals surface area (Å²) in [6.07, 6.45) is 0. The predicted molar refractivity (Wildman–Crippen MR) is 52.7 cm³/mol. The van der Waals surface area contributed by atoms with Gasteiger partial charge in [0, 0.05) is 11.6 Å². The molecule has 12 heavy (non-hydrogen) atoms. The summed E-state index contributed by atoms with van der Waals surface area (Å²) in [7, 11) is 0. The first-order valence-corrected chi connectivity index (χ1v) is 3.66. The largest absolute Gasteiger partial charge is 0.508 e. The Labute approximate surface area is 78.8 Å². The highest BCUT2D eigenvalue weighted by atomic mass is 35.5. The molecule has 0 spiro atoms. The molecule has 0 heterocycles. The Hall–Kier alpha value is -0.730. The second-order valence-corrected chi connectivity index (χ2v) is 2.85. The van der Waals surface area contributed by atoms with E-state index in [0.717, 1.165) is 11.1 Å². The zero-order valence-corrected chi connectivity index (χ0v) is 8.06. The van der Waals surface area contributed by atoms with Gasteiger partial charge in [0.05, 0.1) is 0 Å². The van der Waals surface area contributed by atoms with Crippen molar-refractivity contribution >= 4 is 12.4 Å². The molecule has 3 heteroatoms. The van der Waals surface area contributed by atoms with Gasteiger partial charge in [-0.15, -0.1) is 12.4 Å². The fraction of sp³-hybridized carbons (Fsp3) is 0.333. The van der Waals surface area contributed by atoms with Gasteiger partial charge in [-0.1, -0.05) is 12.1 Å². The highest BCUT2D eigenvalue weighted by molar-refractivity contribution is 5.85. The third-order valence-corrected chi connectivity index (χ3v) is 1.68. The van der Waals surface area contributed by atoms with Crippen molar-refractivity contribution in [3.63, 3.8) is 0 Å². The number of phenols is 1. The fourth-order valence-electron chi connectivity index (χ4n) is 1.04. The second kappa shape index (κ2) is 4.33. The van der Waals surface area contributed by atoms with Crippen LogP contribution < -0.4 is 5.73 Å². The summed E-state index contributed by atoms with van der Waals surface area (Å²) >= 11 is 0. The number of halogens is 1. The molecule has 1 rings (SSSR count). The SMILES string of the molecule is Cc1ccc([C@H](C)N)c(O)c1.Cl. The number of hydrogen-bond acceptors (Lipinski definition) is 2. The Morgan fingerprint density at radius 1 is 1.42 bits per heavy atom. The molecule has 68 valence electrons. The van der Waals surface area contributed by atoms with Crippen molar-refractivity contribution in [2.75, 3.05) is 0 Å². The summed E-state index contributed by atoms with van der Waals surface area (Å²) < 4.78 is 0. The van der Waals surface area contributed by atoms with E-state index in [9.17, 15) is 5.11 Å². The Morgan fingerprint density at radius 3 is 2.42 bits per heavy atom. The monoisotopic (exact) mass is 187 g/mol. The maximum absolute atomic E-state index is 9.38. The minimum absolute atomic E-state index is 0. The fourth-order valence-corrected chi connectivity index (χ4v) is 1.04. The smallest absolute Gasteiger partial charge is 0.120 e. The summed E-state index contributed by atoms with van der Waals surface area (Å²) in [5.41, 5.74) is 7.45. The van der Waals surface area contributed by atoms with E-state index in [0.29, 0.717) is 5.75 Å². The van der Waals surface area contributed by atoms with Crippen LogP contribution in [0.3, 0.4) is 0 Å². The van der Waals surface area contributed by atoms with Crippen LogP contribution in [-0.2, 0) is 0 Å². The van der Waals surface area contributed by atoms with Gasteiger partial charge in [0.25, 0.3) is 0 Å². The van der Waals surface area contributed by atoms with Crippen LogP contribution in [0.15, 0.2) is 18.2 Å². The number of phenolic OH excluding ortho intramolecular Hbond substituents is 1. The van der Waals surface area contributed by atoms with E-state index in [-0.39, 0.29) is 18.4 Å². The molecule has 0 bridgehead atoms. The van der Waals surface area contributed by atoms with Crippen LogP contribution in [0.1, 0.15) is 24.1 Å². The van der Waals surface area contributed by atoms with Gasteiger partial charge in [-0.2, -0.15) is 0 Å². The Morgan fingerprint density at radius 2 is 2.00 bits per heavy atom. The lowest BCUT2D eigenvalue weighted by molar-refractivity contribution is 0.463. The molecule has 0 aliphatic rings. The Kier molecular flexibility index (Phi) is 4.07. The third-order valence-electron chi connectivity index (χ3n) is 1.68. The van der Waals surface area contributed by atoms with E-state index in [4.69, 9.17) is 5.73 Å². The molecule has 0 unspecified atom stereocenters. The lowest BCUT2D eigenvalue weighted by atomic mass is 10.1. The molecule has 0 radical (unpaired) electrons. The number of hydrogen-bond donors (Lipinski definition) is 2. The summed E-state index contributed by atoms with van der Waals surface area (Å²) in [5.74, 6) is 0.292. The van der Waals surface area contributed by atoms with Crippen LogP contribution in [0.25, 0.3) is 0 Å². The van der Waals surface area contributed by atoms with E-state index >= 15 is 0 Å². The molecule has 1 aromatic carbocycles. The molecular formula is C9H14ClNO. The summed E-state index contributed by atoms with van der Waals surface area (Å²) in [4.78, 5) is 0. The number of aromatic hydroxyl groups is 1. The first-order chi connectivity index (χ1) is 5.11. The molecule has 0 saturated carbocycles. The van der Waals surface area contributed by atoms with Crippen LogP contribution in [0.2, 0.25) is 0 Å². The van der Waals surface area contributed by atoms with E-state index in [1.807, 2.05) is 26.0 Å². The van der Waals surface area contributed by atoms with Crippen molar-refractivity contribution < 1.29 is 5.11 Å². The molecule has 0 fully saturated rings. The quantitative estimate of drug-likeness (QED) is 0.708. The molecule has 0 saturated heterocycles. The lowest BCUT2D eigenvalue weighted by Gasteiger charge is -2.07. The molecule has 3 N–H and O–H groups in total. The average molecular weight is 188 g/mol. The van der Waals surface area contributed by atoms with Gasteiger partial charge in [0.1, 0.15) is 5.75 Å². The Balaban J connectivity index is 0.00000121. The van der Waals surface area contributed by atoms with Crippen LogP contribution in [0.4, 0.5) is 0 Å². The van der Waals surface area contributed by atoms with Gasteiger partial charge in [0.15, 0.2) is 0 Å². The maximum Gasteiger partial charge on any atom is 0.120 e. The predicted octanol–water partition coefficient (Wildman–Crippen LogP) is 2.14. The molecule has 1 aromatic rings. The first kappa shape index (κ1) is 11.3. The van der Waals surface area contributed by atoms with Crippen LogP contribution in [-0.4, -0.2) is 5.11 Å². The maximum atomic E-state index is 9.38. The van der Waals surface area contributed by atoms with E-state index in [2.05, 4.69) is 0 Å². The third kappa shape index (κ3) is 2.40. The molecule has 0 amide bonds. The van der Waals surface area contributed by atoms with Gasteiger partial charge in [-0.25, -0.2) is 0 Å². The molecule has 0 aliphatic heterocycles. The van der Waals surface area contributed by atoms with Gasteiger partial charge in [-0.3, -0.25) is 0 Å². The average Bonchev–Trinajstić information content (AvgIpc) is 1.85. The zero-order valence-electron chi connectivity index (χ0n) is 7.24. The van der Waals surface area contributed by atoms with Crippen LogP contribution in [0, 0.1) is 6.92 Å². The summed E-state index contributed by atoms with van der Waals surface area (Å²) in [5, 5.41) is 9.38. The summed E-state index contributed by atoms with van der Waals surface area (Å²) in [6.45, 7) is 3.79. The molecule has 0 aromatic heterocycles. The van der Waals surface area contributed by atoms with Gasteiger partial charge >= 0.3 is 0 Å². The number of rotatable bonds is 1. The van der Waals surface area contributed by atoms with Gasteiger partial charge < -0.3 is 10.8 Å². The molecule has 1 atom stereocenters. The number of benzene rings is 1. The Bertz CT molecular complexity index is 261. The van der Waals surface area contributed by atoms with Crippen LogP contribution in [0.5, 0.6) is 5.75 Å². The van der Waals surface area contributed by atoms with Gasteiger partial charge in [0.2, 0.25) is 0 Å². The first-order valence-electron chi connectivity index (χ1n) is 3.66. The number of nitrogens with two attached hydrogens (primary N) is 1.